The highest BCUT2D eigenvalue weighted by atomic mass is 35.5. The summed E-state index contributed by atoms with van der Waals surface area (Å²) in [5.41, 5.74) is 1.67. The van der Waals surface area contributed by atoms with E-state index in [1.54, 1.807) is 22.7 Å². The van der Waals surface area contributed by atoms with Crippen LogP contribution in [-0.4, -0.2) is 28.8 Å². The van der Waals surface area contributed by atoms with Crippen molar-refractivity contribution in [3.8, 4) is 0 Å². The summed E-state index contributed by atoms with van der Waals surface area (Å²) >= 11 is 9.27. The van der Waals surface area contributed by atoms with E-state index < -0.39 is 0 Å². The summed E-state index contributed by atoms with van der Waals surface area (Å²) in [5, 5.41) is 1.23. The lowest BCUT2D eigenvalue weighted by molar-refractivity contribution is -0.122. The summed E-state index contributed by atoms with van der Waals surface area (Å²) in [6.45, 7) is 2.51. The third kappa shape index (κ3) is 4.11. The number of likely N-dealkylation sites (N-methyl/N-ethyl adjacent to an activating group) is 1. The minimum atomic E-state index is -0.0211. The van der Waals surface area contributed by atoms with Crippen LogP contribution in [0.25, 0.3) is 6.08 Å². The molecule has 0 aliphatic carbocycles. The van der Waals surface area contributed by atoms with Crippen molar-refractivity contribution in [1.82, 2.24) is 4.90 Å². The lowest BCUT2D eigenvalue weighted by atomic mass is 10.2. The first-order chi connectivity index (χ1) is 12.1. The van der Waals surface area contributed by atoms with Crippen LogP contribution in [0.1, 0.15) is 12.5 Å². The van der Waals surface area contributed by atoms with Crippen LogP contribution >= 0.6 is 35.1 Å². The number of thioether (sulfide) groups is 2. The van der Waals surface area contributed by atoms with Crippen molar-refractivity contribution in [3.63, 3.8) is 0 Å². The molecule has 128 valence electrons. The van der Waals surface area contributed by atoms with E-state index in [0.717, 1.165) is 5.56 Å². The smallest absolute Gasteiger partial charge is 0.266 e. The standard InChI is InChI=1S/C19H17ClN2OS2/c1-3-22-18(23)17(12-13-8-10-14(24-2)11-9-13)25-19(22)21-16-7-5-4-6-15(16)20/h4-12H,3H2,1-2H3/b17-12+,21-19?. The Morgan fingerprint density at radius 1 is 1.20 bits per heavy atom. The minimum absolute atomic E-state index is 0.0211. The SMILES string of the molecule is CCN1C(=O)/C(=C\c2ccc(SC)cc2)SC1=Nc1ccccc1Cl. The molecular weight excluding hydrogens is 372 g/mol. The maximum absolute atomic E-state index is 12.7. The van der Waals surface area contributed by atoms with Gasteiger partial charge in [-0.2, -0.15) is 0 Å². The number of benzene rings is 2. The second kappa shape index (κ2) is 8.13. The molecule has 0 bridgehead atoms. The average molecular weight is 389 g/mol. The molecule has 0 spiro atoms. The largest absolute Gasteiger partial charge is 0.287 e. The minimum Gasteiger partial charge on any atom is -0.287 e. The van der Waals surface area contributed by atoms with Crippen molar-refractivity contribution in [2.75, 3.05) is 12.8 Å². The molecule has 6 heteroatoms. The number of hydrogen-bond donors (Lipinski definition) is 0. The van der Waals surface area contributed by atoms with Gasteiger partial charge in [0.15, 0.2) is 5.17 Å². The van der Waals surface area contributed by atoms with E-state index in [9.17, 15) is 4.79 Å². The van der Waals surface area contributed by atoms with Gasteiger partial charge in [0.25, 0.3) is 5.91 Å². The molecule has 3 rings (SSSR count). The Bertz CT molecular complexity index is 847. The van der Waals surface area contributed by atoms with E-state index in [2.05, 4.69) is 17.1 Å². The number of aliphatic imine (C=N–C) groups is 1. The summed E-state index contributed by atoms with van der Waals surface area (Å²) in [6.07, 6.45) is 3.95. The van der Waals surface area contributed by atoms with Gasteiger partial charge in [-0.3, -0.25) is 9.69 Å². The molecule has 0 unspecified atom stereocenters. The van der Waals surface area contributed by atoms with Crippen LogP contribution in [0.2, 0.25) is 5.02 Å². The van der Waals surface area contributed by atoms with Gasteiger partial charge >= 0.3 is 0 Å². The molecule has 0 atom stereocenters. The fraction of sp³-hybridized carbons (Fsp3) is 0.158. The maximum atomic E-state index is 12.7. The zero-order valence-corrected chi connectivity index (χ0v) is 16.3. The van der Waals surface area contributed by atoms with Gasteiger partial charge in [-0.15, -0.1) is 11.8 Å². The number of halogens is 1. The average Bonchev–Trinajstić information content (AvgIpc) is 2.92. The van der Waals surface area contributed by atoms with E-state index in [1.807, 2.05) is 49.6 Å². The van der Waals surface area contributed by atoms with Crippen LogP contribution in [0.15, 0.2) is 63.3 Å². The summed E-state index contributed by atoms with van der Waals surface area (Å²) in [4.78, 5) is 20.8. The predicted octanol–water partition coefficient (Wildman–Crippen LogP) is 5.69. The monoisotopic (exact) mass is 388 g/mol. The number of amidine groups is 1. The van der Waals surface area contributed by atoms with E-state index in [4.69, 9.17) is 11.6 Å². The first-order valence-electron chi connectivity index (χ1n) is 7.81. The van der Waals surface area contributed by atoms with Crippen LogP contribution in [-0.2, 0) is 4.79 Å². The zero-order valence-electron chi connectivity index (χ0n) is 13.9. The molecule has 0 saturated carbocycles. The lowest BCUT2D eigenvalue weighted by Gasteiger charge is -2.12. The Kier molecular flexibility index (Phi) is 5.89. The number of carbonyl (C=O) groups is 1. The number of rotatable bonds is 4. The molecule has 2 aromatic carbocycles. The maximum Gasteiger partial charge on any atom is 0.266 e. The van der Waals surface area contributed by atoms with E-state index >= 15 is 0 Å². The Labute approximate surface area is 161 Å². The van der Waals surface area contributed by atoms with Crippen LogP contribution < -0.4 is 0 Å². The molecule has 1 fully saturated rings. The fourth-order valence-corrected chi connectivity index (χ4v) is 4.01. The molecule has 25 heavy (non-hydrogen) atoms. The highest BCUT2D eigenvalue weighted by Crippen LogP contribution is 2.35. The Hall–Kier alpha value is -1.69. The molecule has 1 aliphatic heterocycles. The Morgan fingerprint density at radius 3 is 2.56 bits per heavy atom. The number of nitrogens with zero attached hydrogens (tertiary/aromatic N) is 2. The zero-order chi connectivity index (χ0) is 17.8. The quantitative estimate of drug-likeness (QED) is 0.498. The van der Waals surface area contributed by atoms with Crippen molar-refractivity contribution in [2.24, 2.45) is 4.99 Å². The third-order valence-electron chi connectivity index (χ3n) is 3.69. The Morgan fingerprint density at radius 2 is 1.92 bits per heavy atom. The topological polar surface area (TPSA) is 32.7 Å². The van der Waals surface area contributed by atoms with Crippen LogP contribution in [0, 0.1) is 0 Å². The first kappa shape index (κ1) is 18.1. The van der Waals surface area contributed by atoms with Gasteiger partial charge in [-0.25, -0.2) is 4.99 Å². The van der Waals surface area contributed by atoms with Gasteiger partial charge in [0, 0.05) is 11.4 Å². The lowest BCUT2D eigenvalue weighted by Crippen LogP contribution is -2.28. The summed E-state index contributed by atoms with van der Waals surface area (Å²) in [6, 6.07) is 15.5. The predicted molar refractivity (Wildman–Crippen MR) is 110 cm³/mol. The Balaban J connectivity index is 1.91. The highest BCUT2D eigenvalue weighted by molar-refractivity contribution is 8.18. The van der Waals surface area contributed by atoms with Gasteiger partial charge in [0.05, 0.1) is 15.6 Å². The van der Waals surface area contributed by atoms with Crippen molar-refractivity contribution < 1.29 is 4.79 Å². The molecule has 0 N–H and O–H groups in total. The molecule has 3 nitrogen and oxygen atoms in total. The van der Waals surface area contributed by atoms with E-state index in [0.29, 0.717) is 27.3 Å². The second-order valence-electron chi connectivity index (χ2n) is 5.28. The van der Waals surface area contributed by atoms with Crippen molar-refractivity contribution in [3.05, 3.63) is 64.0 Å². The molecule has 0 aromatic heterocycles. The number of amides is 1. The summed E-state index contributed by atoms with van der Waals surface area (Å²) in [5.74, 6) is -0.0211. The number of hydrogen-bond acceptors (Lipinski definition) is 4. The van der Waals surface area contributed by atoms with Gasteiger partial charge in [0.2, 0.25) is 0 Å². The highest BCUT2D eigenvalue weighted by Gasteiger charge is 2.32. The summed E-state index contributed by atoms with van der Waals surface area (Å²) in [7, 11) is 0. The van der Waals surface area contributed by atoms with Crippen molar-refractivity contribution >= 4 is 58.0 Å². The normalized spacial score (nSPS) is 17.7. The molecule has 0 radical (unpaired) electrons. The first-order valence-corrected chi connectivity index (χ1v) is 10.2. The third-order valence-corrected chi connectivity index (χ3v) is 5.76. The molecule has 1 amide bonds. The van der Waals surface area contributed by atoms with Gasteiger partial charge in [0.1, 0.15) is 0 Å². The van der Waals surface area contributed by atoms with Crippen molar-refractivity contribution in [2.45, 2.75) is 11.8 Å². The van der Waals surface area contributed by atoms with Gasteiger partial charge < -0.3 is 0 Å². The molecule has 1 heterocycles. The van der Waals surface area contributed by atoms with Crippen LogP contribution in [0.5, 0.6) is 0 Å². The molecule has 1 saturated heterocycles. The molecular formula is C19H17ClN2OS2. The summed E-state index contributed by atoms with van der Waals surface area (Å²) < 4.78 is 0. The number of carbonyl (C=O) groups excluding carboxylic acids is 1. The van der Waals surface area contributed by atoms with Crippen molar-refractivity contribution in [1.29, 1.82) is 0 Å². The second-order valence-corrected chi connectivity index (χ2v) is 7.57. The van der Waals surface area contributed by atoms with E-state index in [1.165, 1.54) is 16.7 Å². The fourth-order valence-electron chi connectivity index (χ4n) is 2.37. The van der Waals surface area contributed by atoms with Gasteiger partial charge in [-0.1, -0.05) is 35.9 Å². The van der Waals surface area contributed by atoms with E-state index in [-0.39, 0.29) is 5.91 Å². The molecule has 1 aliphatic rings. The van der Waals surface area contributed by atoms with Crippen LogP contribution in [0.3, 0.4) is 0 Å². The molecule has 2 aromatic rings. The number of para-hydroxylation sites is 1. The van der Waals surface area contributed by atoms with Crippen LogP contribution in [0.4, 0.5) is 5.69 Å². The van der Waals surface area contributed by atoms with Gasteiger partial charge in [-0.05, 0) is 60.8 Å².